The molecule has 2 N–H and O–H groups in total. The molecule has 3 amide bonds. The first kappa shape index (κ1) is 24.3. The topological polar surface area (TPSA) is 105 Å². The van der Waals surface area contributed by atoms with Gasteiger partial charge < -0.3 is 19.5 Å². The Bertz CT molecular complexity index is 1150. The van der Waals surface area contributed by atoms with E-state index >= 15 is 0 Å². The van der Waals surface area contributed by atoms with Crippen molar-refractivity contribution in [1.82, 2.24) is 10.6 Å². The summed E-state index contributed by atoms with van der Waals surface area (Å²) < 4.78 is 10.8. The van der Waals surface area contributed by atoms with Gasteiger partial charge in [0.1, 0.15) is 5.76 Å². The highest BCUT2D eigenvalue weighted by Gasteiger charge is 2.36. The van der Waals surface area contributed by atoms with Gasteiger partial charge in [0.05, 0.1) is 19.1 Å². The van der Waals surface area contributed by atoms with Crippen molar-refractivity contribution < 1.29 is 23.2 Å². The number of amides is 3. The minimum absolute atomic E-state index is 0.0583. The summed E-state index contributed by atoms with van der Waals surface area (Å²) in [5.74, 6) is -0.804. The van der Waals surface area contributed by atoms with Gasteiger partial charge in [-0.1, -0.05) is 31.4 Å². The zero-order valence-corrected chi connectivity index (χ0v) is 20.1. The smallest absolute Gasteiger partial charge is 0.287 e. The molecule has 8 nitrogen and oxygen atoms in total. The van der Waals surface area contributed by atoms with E-state index in [1.807, 2.05) is 32.0 Å². The molecule has 1 aliphatic rings. The molecular weight excluding hydrogens is 446 g/mol. The van der Waals surface area contributed by atoms with Crippen LogP contribution in [-0.2, 0) is 9.59 Å². The van der Waals surface area contributed by atoms with E-state index in [1.165, 1.54) is 23.5 Å². The second kappa shape index (κ2) is 11.1. The van der Waals surface area contributed by atoms with Crippen molar-refractivity contribution in [3.05, 3.63) is 77.6 Å². The number of carbonyl (C=O) groups is 3. The molecule has 0 radical (unpaired) electrons. The molecule has 184 valence electrons. The lowest BCUT2D eigenvalue weighted by Gasteiger charge is -2.33. The summed E-state index contributed by atoms with van der Waals surface area (Å²) in [7, 11) is 0. The number of rotatable bonds is 8. The molecule has 1 unspecified atom stereocenters. The average molecular weight is 478 g/mol. The normalized spacial score (nSPS) is 14.8. The number of benzene rings is 1. The van der Waals surface area contributed by atoms with Gasteiger partial charge in [0.25, 0.3) is 11.8 Å². The van der Waals surface area contributed by atoms with E-state index in [2.05, 4.69) is 10.6 Å². The maximum atomic E-state index is 13.7. The van der Waals surface area contributed by atoms with Crippen molar-refractivity contribution >= 4 is 23.4 Å². The Labute approximate surface area is 204 Å². The molecule has 1 atom stereocenters. The molecular formula is C27H31N3O5. The summed E-state index contributed by atoms with van der Waals surface area (Å²) in [6, 6.07) is 11.3. The van der Waals surface area contributed by atoms with Crippen LogP contribution in [0, 0.1) is 13.8 Å². The summed E-state index contributed by atoms with van der Waals surface area (Å²) in [6.45, 7) is 3.49. The number of nitrogens with one attached hydrogen (secondary N) is 2. The quantitative estimate of drug-likeness (QED) is 0.499. The maximum Gasteiger partial charge on any atom is 0.287 e. The number of anilines is 1. The fraction of sp³-hybridized carbons (Fsp3) is 0.370. The van der Waals surface area contributed by atoms with Gasteiger partial charge in [-0.15, -0.1) is 0 Å². The SMILES string of the molecule is Cc1ccc(C)c(N(C(=O)CNC(=O)c2ccco2)C(C(=O)NC2CCCCC2)c2ccco2)c1. The predicted molar refractivity (Wildman–Crippen MR) is 131 cm³/mol. The van der Waals surface area contributed by atoms with E-state index in [0.717, 1.165) is 43.2 Å². The summed E-state index contributed by atoms with van der Waals surface area (Å²) in [6.07, 6.45) is 7.99. The van der Waals surface area contributed by atoms with Gasteiger partial charge >= 0.3 is 0 Å². The number of hydrogen-bond donors (Lipinski definition) is 2. The Morgan fingerprint density at radius 3 is 2.43 bits per heavy atom. The second-order valence-corrected chi connectivity index (χ2v) is 8.98. The Kier molecular flexibility index (Phi) is 7.70. The van der Waals surface area contributed by atoms with Crippen molar-refractivity contribution in [2.24, 2.45) is 0 Å². The van der Waals surface area contributed by atoms with Crippen molar-refractivity contribution in [2.75, 3.05) is 11.4 Å². The van der Waals surface area contributed by atoms with Crippen LogP contribution in [0.15, 0.2) is 63.8 Å². The van der Waals surface area contributed by atoms with Crippen LogP contribution in [0.3, 0.4) is 0 Å². The van der Waals surface area contributed by atoms with Gasteiger partial charge in [0.15, 0.2) is 11.8 Å². The summed E-state index contributed by atoms with van der Waals surface area (Å²) in [5, 5.41) is 5.74. The van der Waals surface area contributed by atoms with E-state index in [0.29, 0.717) is 11.4 Å². The van der Waals surface area contributed by atoms with Crippen LogP contribution < -0.4 is 15.5 Å². The third-order valence-corrected chi connectivity index (χ3v) is 6.31. The minimum Gasteiger partial charge on any atom is -0.467 e. The van der Waals surface area contributed by atoms with Crippen molar-refractivity contribution in [3.8, 4) is 0 Å². The van der Waals surface area contributed by atoms with Crippen LogP contribution in [0.5, 0.6) is 0 Å². The molecule has 1 saturated carbocycles. The third-order valence-electron chi connectivity index (χ3n) is 6.31. The third kappa shape index (κ3) is 5.82. The van der Waals surface area contributed by atoms with Gasteiger partial charge in [-0.2, -0.15) is 0 Å². The Balaban J connectivity index is 1.67. The molecule has 1 fully saturated rings. The number of hydrogen-bond acceptors (Lipinski definition) is 5. The molecule has 2 aromatic heterocycles. The molecule has 0 bridgehead atoms. The molecule has 1 aliphatic carbocycles. The van der Waals surface area contributed by atoms with Crippen molar-refractivity contribution in [2.45, 2.75) is 58.0 Å². The monoisotopic (exact) mass is 477 g/mol. The van der Waals surface area contributed by atoms with E-state index in [9.17, 15) is 14.4 Å². The zero-order valence-electron chi connectivity index (χ0n) is 20.1. The number of furan rings is 2. The average Bonchev–Trinajstić information content (AvgIpc) is 3.58. The first-order chi connectivity index (χ1) is 16.9. The molecule has 0 saturated heterocycles. The van der Waals surface area contributed by atoms with Gasteiger partial charge in [0.2, 0.25) is 5.91 Å². The first-order valence-electron chi connectivity index (χ1n) is 12.0. The lowest BCUT2D eigenvalue weighted by atomic mass is 9.95. The van der Waals surface area contributed by atoms with Crippen LogP contribution in [0.2, 0.25) is 0 Å². The van der Waals surface area contributed by atoms with Crippen LogP contribution in [-0.4, -0.2) is 30.3 Å². The largest absolute Gasteiger partial charge is 0.467 e. The highest BCUT2D eigenvalue weighted by atomic mass is 16.3. The molecule has 3 aromatic rings. The Hall–Kier alpha value is -3.81. The molecule has 35 heavy (non-hydrogen) atoms. The lowest BCUT2D eigenvalue weighted by molar-refractivity contribution is -0.127. The fourth-order valence-electron chi connectivity index (χ4n) is 4.48. The maximum absolute atomic E-state index is 13.7. The lowest BCUT2D eigenvalue weighted by Crippen LogP contribution is -2.49. The summed E-state index contributed by atoms with van der Waals surface area (Å²) in [5.41, 5.74) is 2.35. The number of carbonyl (C=O) groups excluding carboxylic acids is 3. The highest BCUT2D eigenvalue weighted by molar-refractivity contribution is 6.04. The van der Waals surface area contributed by atoms with E-state index < -0.39 is 17.9 Å². The number of nitrogens with zero attached hydrogens (tertiary/aromatic N) is 1. The molecule has 8 heteroatoms. The van der Waals surface area contributed by atoms with E-state index in [1.54, 1.807) is 18.2 Å². The minimum atomic E-state index is -1.03. The highest BCUT2D eigenvalue weighted by Crippen LogP contribution is 2.32. The zero-order chi connectivity index (χ0) is 24.8. The van der Waals surface area contributed by atoms with Gasteiger partial charge in [-0.05, 0) is 68.1 Å². The number of aryl methyl sites for hydroxylation is 2. The molecule has 0 spiro atoms. The van der Waals surface area contributed by atoms with Crippen LogP contribution >= 0.6 is 0 Å². The molecule has 4 rings (SSSR count). The van der Waals surface area contributed by atoms with E-state index in [4.69, 9.17) is 8.83 Å². The van der Waals surface area contributed by atoms with Gasteiger partial charge in [-0.3, -0.25) is 19.3 Å². The summed E-state index contributed by atoms with van der Waals surface area (Å²) >= 11 is 0. The van der Waals surface area contributed by atoms with Crippen LogP contribution in [0.25, 0.3) is 0 Å². The van der Waals surface area contributed by atoms with Crippen LogP contribution in [0.4, 0.5) is 5.69 Å². The fourth-order valence-corrected chi connectivity index (χ4v) is 4.48. The van der Waals surface area contributed by atoms with Crippen molar-refractivity contribution in [1.29, 1.82) is 0 Å². The predicted octanol–water partition coefficient (Wildman–Crippen LogP) is 4.44. The van der Waals surface area contributed by atoms with Crippen molar-refractivity contribution in [3.63, 3.8) is 0 Å². The van der Waals surface area contributed by atoms with Crippen LogP contribution in [0.1, 0.15) is 65.6 Å². The Morgan fingerprint density at radius 1 is 1.00 bits per heavy atom. The molecule has 1 aromatic carbocycles. The second-order valence-electron chi connectivity index (χ2n) is 8.98. The van der Waals surface area contributed by atoms with Gasteiger partial charge in [-0.25, -0.2) is 0 Å². The van der Waals surface area contributed by atoms with Gasteiger partial charge in [0, 0.05) is 11.7 Å². The Morgan fingerprint density at radius 2 is 1.74 bits per heavy atom. The standard InChI is InChI=1S/C27H31N3O5/c1-18-12-13-19(2)21(16-18)30(24(31)17-28-26(32)23-11-7-15-35-23)25(22-10-6-14-34-22)27(33)29-20-8-4-3-5-9-20/h6-7,10-16,20,25H,3-5,8-9,17H2,1-2H3,(H,28,32)(H,29,33). The molecule has 0 aliphatic heterocycles. The molecule has 2 heterocycles. The van der Waals surface area contributed by atoms with E-state index in [-0.39, 0.29) is 24.3 Å². The first-order valence-corrected chi connectivity index (χ1v) is 12.0. The summed E-state index contributed by atoms with van der Waals surface area (Å²) in [4.78, 5) is 41.2.